The quantitative estimate of drug-likeness (QED) is 0.675. The lowest BCUT2D eigenvalue weighted by Gasteiger charge is -2.52. The molecule has 2 bridgehead atoms. The van der Waals surface area contributed by atoms with Gasteiger partial charge in [-0.15, -0.1) is 0 Å². The molecular weight excluding hydrogens is 374 g/mol. The molecule has 3 aliphatic rings. The summed E-state index contributed by atoms with van der Waals surface area (Å²) >= 11 is 0. The number of hydrogen-bond acceptors (Lipinski definition) is 5. The summed E-state index contributed by atoms with van der Waals surface area (Å²) in [5, 5.41) is 18.3. The van der Waals surface area contributed by atoms with Gasteiger partial charge in [0.25, 0.3) is 0 Å². The van der Waals surface area contributed by atoms with Crippen LogP contribution in [0.4, 0.5) is 5.69 Å². The lowest BCUT2D eigenvalue weighted by atomic mass is 9.67. The summed E-state index contributed by atoms with van der Waals surface area (Å²) < 4.78 is 3.83. The van der Waals surface area contributed by atoms with Gasteiger partial charge in [0.2, 0.25) is 0 Å². The van der Waals surface area contributed by atoms with Gasteiger partial charge in [0.15, 0.2) is 0 Å². The molecule has 154 valence electrons. The second-order valence-corrected chi connectivity index (χ2v) is 9.65. The molecule has 0 spiro atoms. The first kappa shape index (κ1) is 18.0. The molecule has 3 fully saturated rings. The highest BCUT2D eigenvalue weighted by Crippen LogP contribution is 2.47. The molecule has 7 heteroatoms. The molecule has 2 atom stereocenters. The highest BCUT2D eigenvalue weighted by atomic mass is 15.4. The zero-order valence-corrected chi connectivity index (χ0v) is 17.6. The SMILES string of the molecule is Cn1cc(-c2cc3c(N4C[C@H]5CC[C@H](C4)N5C4CC(C)(C#N)C4)ccnn3c2)cn1. The highest BCUT2D eigenvalue weighted by Gasteiger charge is 2.51. The van der Waals surface area contributed by atoms with Crippen LogP contribution in [0.3, 0.4) is 0 Å². The third kappa shape index (κ3) is 2.67. The lowest BCUT2D eigenvalue weighted by Crippen LogP contribution is -2.61. The van der Waals surface area contributed by atoms with Crippen molar-refractivity contribution < 1.29 is 0 Å². The van der Waals surface area contributed by atoms with Crippen LogP contribution in [0.5, 0.6) is 0 Å². The minimum Gasteiger partial charge on any atom is -0.367 e. The average molecular weight is 402 g/mol. The molecule has 0 amide bonds. The fraction of sp³-hybridized carbons (Fsp3) is 0.522. The Kier molecular flexibility index (Phi) is 3.79. The number of fused-ring (bicyclic) bond motifs is 3. The molecule has 6 rings (SSSR count). The van der Waals surface area contributed by atoms with Crippen molar-refractivity contribution >= 4 is 11.2 Å². The van der Waals surface area contributed by atoms with Crippen molar-refractivity contribution in [3.8, 4) is 17.2 Å². The number of hydrogen-bond donors (Lipinski definition) is 0. The van der Waals surface area contributed by atoms with Crippen molar-refractivity contribution in [3.63, 3.8) is 0 Å². The van der Waals surface area contributed by atoms with Gasteiger partial charge >= 0.3 is 0 Å². The second kappa shape index (κ2) is 6.32. The fourth-order valence-electron chi connectivity index (χ4n) is 6.01. The Morgan fingerprint density at radius 1 is 1.07 bits per heavy atom. The van der Waals surface area contributed by atoms with Crippen molar-refractivity contribution in [1.82, 2.24) is 24.3 Å². The van der Waals surface area contributed by atoms with Crippen LogP contribution in [0.2, 0.25) is 0 Å². The van der Waals surface area contributed by atoms with Crippen LogP contribution in [0.25, 0.3) is 16.6 Å². The van der Waals surface area contributed by atoms with E-state index in [1.165, 1.54) is 18.5 Å². The molecule has 1 aliphatic carbocycles. The Morgan fingerprint density at radius 3 is 2.50 bits per heavy atom. The molecule has 0 unspecified atom stereocenters. The van der Waals surface area contributed by atoms with Gasteiger partial charge in [-0.2, -0.15) is 15.5 Å². The van der Waals surface area contributed by atoms with Gasteiger partial charge in [-0.05, 0) is 44.7 Å². The summed E-state index contributed by atoms with van der Waals surface area (Å²) in [5.41, 5.74) is 4.59. The maximum atomic E-state index is 9.40. The molecule has 30 heavy (non-hydrogen) atoms. The fourth-order valence-corrected chi connectivity index (χ4v) is 6.01. The van der Waals surface area contributed by atoms with Crippen molar-refractivity contribution in [2.75, 3.05) is 18.0 Å². The van der Waals surface area contributed by atoms with Crippen molar-refractivity contribution in [1.29, 1.82) is 5.26 Å². The summed E-state index contributed by atoms with van der Waals surface area (Å²) in [6.45, 7) is 4.23. The van der Waals surface area contributed by atoms with Crippen LogP contribution < -0.4 is 4.90 Å². The van der Waals surface area contributed by atoms with E-state index in [4.69, 9.17) is 0 Å². The predicted molar refractivity (Wildman–Crippen MR) is 115 cm³/mol. The van der Waals surface area contributed by atoms with Gasteiger partial charge in [-0.3, -0.25) is 9.58 Å². The normalized spacial score (nSPS) is 31.1. The minimum absolute atomic E-state index is 0.104. The van der Waals surface area contributed by atoms with Gasteiger partial charge in [0.1, 0.15) is 0 Å². The van der Waals surface area contributed by atoms with E-state index in [2.05, 4.69) is 51.3 Å². The Bertz CT molecular complexity index is 1130. The second-order valence-electron chi connectivity index (χ2n) is 9.65. The lowest BCUT2D eigenvalue weighted by molar-refractivity contribution is 0.00679. The first-order valence-electron chi connectivity index (χ1n) is 10.9. The van der Waals surface area contributed by atoms with Crippen LogP contribution >= 0.6 is 0 Å². The zero-order valence-electron chi connectivity index (χ0n) is 17.6. The first-order chi connectivity index (χ1) is 14.5. The summed E-state index contributed by atoms with van der Waals surface area (Å²) in [6, 6.07) is 8.70. The van der Waals surface area contributed by atoms with Crippen LogP contribution in [-0.2, 0) is 7.05 Å². The molecule has 7 nitrogen and oxygen atoms in total. The van der Waals surface area contributed by atoms with Crippen molar-refractivity contribution in [3.05, 3.63) is 36.9 Å². The molecule has 1 saturated carbocycles. The number of rotatable bonds is 3. The van der Waals surface area contributed by atoms with Crippen LogP contribution in [-0.4, -0.2) is 55.5 Å². The number of aromatic nitrogens is 4. The number of piperazine rings is 1. The number of aryl methyl sites for hydroxylation is 1. The standard InChI is InChI=1S/C23H27N7/c1-23(15-24)8-20(9-23)30-18-3-4-19(30)14-28(13-18)21-5-6-25-29-12-16(7-22(21)29)17-10-26-27(2)11-17/h5-7,10-12,18-20H,3-4,8-9,13-14H2,1-2H3/t18-,19-,20?,23?/m1/s1. The van der Waals surface area contributed by atoms with Crippen LogP contribution in [0.15, 0.2) is 36.9 Å². The monoisotopic (exact) mass is 401 g/mol. The van der Waals surface area contributed by atoms with E-state index >= 15 is 0 Å². The van der Waals surface area contributed by atoms with E-state index in [0.717, 1.165) is 42.6 Å². The smallest absolute Gasteiger partial charge is 0.0886 e. The third-order valence-electron chi connectivity index (χ3n) is 7.47. The van der Waals surface area contributed by atoms with E-state index in [1.807, 2.05) is 34.8 Å². The minimum atomic E-state index is -0.104. The first-order valence-corrected chi connectivity index (χ1v) is 10.9. The van der Waals surface area contributed by atoms with Crippen LogP contribution in [0, 0.1) is 16.7 Å². The van der Waals surface area contributed by atoms with Crippen molar-refractivity contribution in [2.45, 2.75) is 50.7 Å². The molecular formula is C23H27N7. The predicted octanol–water partition coefficient (Wildman–Crippen LogP) is 3.08. The third-order valence-corrected chi connectivity index (χ3v) is 7.47. The maximum absolute atomic E-state index is 9.40. The van der Waals surface area contributed by atoms with E-state index in [-0.39, 0.29) is 5.41 Å². The topological polar surface area (TPSA) is 65.4 Å². The Morgan fingerprint density at radius 2 is 1.83 bits per heavy atom. The average Bonchev–Trinajstić information content (AvgIpc) is 3.40. The molecule has 0 radical (unpaired) electrons. The Labute approximate surface area is 176 Å². The van der Waals surface area contributed by atoms with E-state index in [9.17, 15) is 5.26 Å². The molecule has 2 saturated heterocycles. The zero-order chi connectivity index (χ0) is 20.5. The largest absolute Gasteiger partial charge is 0.367 e. The summed E-state index contributed by atoms with van der Waals surface area (Å²) in [5.74, 6) is 0. The summed E-state index contributed by atoms with van der Waals surface area (Å²) in [6.07, 6.45) is 12.6. The highest BCUT2D eigenvalue weighted by molar-refractivity contribution is 5.79. The van der Waals surface area contributed by atoms with Gasteiger partial charge < -0.3 is 4.90 Å². The molecule has 3 aromatic heterocycles. The van der Waals surface area contributed by atoms with Gasteiger partial charge in [0, 0.05) is 68.0 Å². The van der Waals surface area contributed by atoms with Crippen LogP contribution in [0.1, 0.15) is 32.6 Å². The maximum Gasteiger partial charge on any atom is 0.0886 e. The van der Waals surface area contributed by atoms with Gasteiger partial charge in [-0.1, -0.05) is 0 Å². The molecule has 5 heterocycles. The molecule has 0 aromatic carbocycles. The Balaban J connectivity index is 1.27. The Hall–Kier alpha value is -2.85. The number of nitrogens with zero attached hydrogens (tertiary/aromatic N) is 7. The number of nitriles is 1. The summed E-state index contributed by atoms with van der Waals surface area (Å²) in [4.78, 5) is 5.32. The van der Waals surface area contributed by atoms with Gasteiger partial charge in [0.05, 0.1) is 28.9 Å². The number of anilines is 1. The summed E-state index contributed by atoms with van der Waals surface area (Å²) in [7, 11) is 1.94. The van der Waals surface area contributed by atoms with E-state index in [0.29, 0.717) is 18.1 Å². The van der Waals surface area contributed by atoms with Gasteiger partial charge in [-0.25, -0.2) is 4.52 Å². The molecule has 3 aromatic rings. The van der Waals surface area contributed by atoms with E-state index < -0.39 is 0 Å². The molecule has 2 aliphatic heterocycles. The van der Waals surface area contributed by atoms with E-state index in [1.54, 1.807) is 0 Å². The van der Waals surface area contributed by atoms with Crippen molar-refractivity contribution in [2.24, 2.45) is 12.5 Å². The molecule has 0 N–H and O–H groups in total.